The first-order chi connectivity index (χ1) is 8.49. The summed E-state index contributed by atoms with van der Waals surface area (Å²) in [7, 11) is -7.23. The van der Waals surface area contributed by atoms with E-state index in [1.807, 2.05) is 0 Å². The SMILES string of the molecule is Cc1cc(NC(=O)CS(C)(=O)=O)ccc1S(N)(=O)=O. The molecular weight excluding hydrogens is 292 g/mol. The summed E-state index contributed by atoms with van der Waals surface area (Å²) in [5, 5.41) is 7.36. The Morgan fingerprint density at radius 2 is 1.84 bits per heavy atom. The van der Waals surface area contributed by atoms with Crippen molar-refractivity contribution in [2.75, 3.05) is 17.3 Å². The molecule has 7 nitrogen and oxygen atoms in total. The Kier molecular flexibility index (Phi) is 4.33. The molecule has 0 radical (unpaired) electrons. The van der Waals surface area contributed by atoms with Gasteiger partial charge in [0.05, 0.1) is 4.90 Å². The van der Waals surface area contributed by atoms with E-state index in [4.69, 9.17) is 5.14 Å². The number of anilines is 1. The number of sulfone groups is 1. The molecule has 0 aliphatic heterocycles. The number of primary sulfonamides is 1. The van der Waals surface area contributed by atoms with Gasteiger partial charge in [-0.2, -0.15) is 0 Å². The monoisotopic (exact) mass is 306 g/mol. The van der Waals surface area contributed by atoms with Crippen LogP contribution in [0.2, 0.25) is 0 Å². The van der Waals surface area contributed by atoms with Crippen LogP contribution in [-0.2, 0) is 24.7 Å². The Labute approximate surface area is 111 Å². The van der Waals surface area contributed by atoms with E-state index < -0.39 is 31.5 Å². The lowest BCUT2D eigenvalue weighted by atomic mass is 10.2. The predicted molar refractivity (Wildman–Crippen MR) is 70.9 cm³/mol. The molecule has 0 atom stereocenters. The van der Waals surface area contributed by atoms with E-state index >= 15 is 0 Å². The Bertz CT molecular complexity index is 707. The van der Waals surface area contributed by atoms with Gasteiger partial charge in [-0.15, -0.1) is 0 Å². The van der Waals surface area contributed by atoms with Crippen LogP contribution in [0.4, 0.5) is 5.69 Å². The van der Waals surface area contributed by atoms with E-state index in [0.717, 1.165) is 6.26 Å². The number of hydrogen-bond acceptors (Lipinski definition) is 5. The molecule has 106 valence electrons. The Morgan fingerprint density at radius 3 is 2.26 bits per heavy atom. The molecular formula is C10H14N2O5S2. The summed E-state index contributed by atoms with van der Waals surface area (Å²) in [6, 6.07) is 3.99. The van der Waals surface area contributed by atoms with Crippen LogP contribution in [0.5, 0.6) is 0 Å². The van der Waals surface area contributed by atoms with Gasteiger partial charge >= 0.3 is 0 Å². The third-order valence-electron chi connectivity index (χ3n) is 2.16. The van der Waals surface area contributed by atoms with E-state index in [-0.39, 0.29) is 4.90 Å². The van der Waals surface area contributed by atoms with Crippen LogP contribution in [-0.4, -0.2) is 34.8 Å². The molecule has 0 saturated heterocycles. The summed E-state index contributed by atoms with van der Waals surface area (Å²) >= 11 is 0. The van der Waals surface area contributed by atoms with Crippen LogP contribution in [0.15, 0.2) is 23.1 Å². The van der Waals surface area contributed by atoms with Gasteiger partial charge in [0.1, 0.15) is 5.75 Å². The summed E-state index contributed by atoms with van der Waals surface area (Å²) < 4.78 is 44.2. The highest BCUT2D eigenvalue weighted by atomic mass is 32.2. The van der Waals surface area contributed by atoms with Crippen molar-refractivity contribution in [2.45, 2.75) is 11.8 Å². The van der Waals surface area contributed by atoms with Gasteiger partial charge in [-0.05, 0) is 30.7 Å². The highest BCUT2D eigenvalue weighted by Gasteiger charge is 2.14. The Balaban J connectivity index is 2.95. The first-order valence-electron chi connectivity index (χ1n) is 5.10. The lowest BCUT2D eigenvalue weighted by Gasteiger charge is -2.08. The maximum Gasteiger partial charge on any atom is 0.239 e. The van der Waals surface area contributed by atoms with Crippen LogP contribution >= 0.6 is 0 Å². The molecule has 0 spiro atoms. The minimum atomic E-state index is -3.82. The number of benzene rings is 1. The number of carbonyl (C=O) groups excluding carboxylic acids is 1. The molecule has 0 fully saturated rings. The summed E-state index contributed by atoms with van der Waals surface area (Å²) in [5.74, 6) is -1.33. The number of hydrogen-bond donors (Lipinski definition) is 2. The molecule has 1 aromatic carbocycles. The van der Waals surface area contributed by atoms with Crippen LogP contribution in [0.25, 0.3) is 0 Å². The number of nitrogens with two attached hydrogens (primary N) is 1. The third-order valence-corrected chi connectivity index (χ3v) is 4.02. The normalized spacial score (nSPS) is 12.2. The molecule has 0 bridgehead atoms. The fourth-order valence-corrected chi connectivity index (χ4v) is 2.80. The number of amides is 1. The quantitative estimate of drug-likeness (QED) is 0.785. The highest BCUT2D eigenvalue weighted by molar-refractivity contribution is 7.91. The lowest BCUT2D eigenvalue weighted by molar-refractivity contribution is -0.113. The van der Waals surface area contributed by atoms with Crippen molar-refractivity contribution in [3.8, 4) is 0 Å². The van der Waals surface area contributed by atoms with Gasteiger partial charge in [-0.1, -0.05) is 0 Å². The van der Waals surface area contributed by atoms with Gasteiger partial charge in [-0.3, -0.25) is 4.79 Å². The van der Waals surface area contributed by atoms with Gasteiger partial charge in [-0.25, -0.2) is 22.0 Å². The van der Waals surface area contributed by atoms with Crippen LogP contribution in [0.3, 0.4) is 0 Å². The number of nitrogens with one attached hydrogen (secondary N) is 1. The van der Waals surface area contributed by atoms with Crippen molar-refractivity contribution in [3.05, 3.63) is 23.8 Å². The van der Waals surface area contributed by atoms with Crippen molar-refractivity contribution < 1.29 is 21.6 Å². The molecule has 19 heavy (non-hydrogen) atoms. The zero-order valence-corrected chi connectivity index (χ0v) is 12.0. The molecule has 0 aliphatic rings. The zero-order chi connectivity index (χ0) is 14.8. The van der Waals surface area contributed by atoms with Gasteiger partial charge in [0.2, 0.25) is 15.9 Å². The van der Waals surface area contributed by atoms with Crippen molar-refractivity contribution in [3.63, 3.8) is 0 Å². The minimum absolute atomic E-state index is 0.0476. The van der Waals surface area contributed by atoms with Crippen molar-refractivity contribution in [2.24, 2.45) is 5.14 Å². The standard InChI is InChI=1S/C10H14N2O5S2/c1-7-5-8(3-4-9(7)19(11,16)17)12-10(13)6-18(2,14)15/h3-5H,6H2,1-2H3,(H,12,13)(H2,11,16,17). The molecule has 0 saturated carbocycles. The lowest BCUT2D eigenvalue weighted by Crippen LogP contribution is -2.22. The second-order valence-corrected chi connectivity index (χ2v) is 7.81. The van der Waals surface area contributed by atoms with Gasteiger partial charge in [0, 0.05) is 11.9 Å². The van der Waals surface area contributed by atoms with E-state index in [1.54, 1.807) is 0 Å². The molecule has 1 rings (SSSR count). The average molecular weight is 306 g/mol. The van der Waals surface area contributed by atoms with E-state index in [0.29, 0.717) is 11.3 Å². The second-order valence-electron chi connectivity index (χ2n) is 4.14. The second kappa shape index (κ2) is 5.27. The van der Waals surface area contributed by atoms with Crippen LogP contribution in [0.1, 0.15) is 5.56 Å². The molecule has 1 amide bonds. The van der Waals surface area contributed by atoms with Gasteiger partial charge < -0.3 is 5.32 Å². The smallest absolute Gasteiger partial charge is 0.239 e. The van der Waals surface area contributed by atoms with Crippen LogP contribution < -0.4 is 10.5 Å². The van der Waals surface area contributed by atoms with Crippen molar-refractivity contribution in [1.82, 2.24) is 0 Å². The molecule has 1 aromatic rings. The summed E-state index contributed by atoms with van der Waals surface area (Å²) in [6.45, 7) is 1.52. The minimum Gasteiger partial charge on any atom is -0.325 e. The maximum atomic E-state index is 11.4. The number of aryl methyl sites for hydroxylation is 1. The molecule has 0 aromatic heterocycles. The average Bonchev–Trinajstić information content (AvgIpc) is 2.11. The fraction of sp³-hybridized carbons (Fsp3) is 0.300. The molecule has 0 heterocycles. The van der Waals surface area contributed by atoms with Crippen molar-refractivity contribution in [1.29, 1.82) is 0 Å². The van der Waals surface area contributed by atoms with Gasteiger partial charge in [0.15, 0.2) is 9.84 Å². The molecule has 0 unspecified atom stereocenters. The zero-order valence-electron chi connectivity index (χ0n) is 10.4. The number of carbonyl (C=O) groups is 1. The summed E-state index contributed by atoms with van der Waals surface area (Å²) in [4.78, 5) is 11.3. The molecule has 9 heteroatoms. The highest BCUT2D eigenvalue weighted by Crippen LogP contribution is 2.18. The van der Waals surface area contributed by atoms with E-state index in [1.165, 1.54) is 25.1 Å². The van der Waals surface area contributed by atoms with Crippen LogP contribution in [0, 0.1) is 6.92 Å². The predicted octanol–water partition coefficient (Wildman–Crippen LogP) is -0.374. The van der Waals surface area contributed by atoms with E-state index in [2.05, 4.69) is 5.32 Å². The Morgan fingerprint density at radius 1 is 1.26 bits per heavy atom. The topological polar surface area (TPSA) is 123 Å². The number of sulfonamides is 1. The largest absolute Gasteiger partial charge is 0.325 e. The molecule has 0 aliphatic carbocycles. The first kappa shape index (κ1) is 15.6. The summed E-state index contributed by atoms with van der Waals surface area (Å²) in [5.41, 5.74) is 0.665. The maximum absolute atomic E-state index is 11.4. The summed E-state index contributed by atoms with van der Waals surface area (Å²) in [6.07, 6.45) is 0.946. The number of rotatable bonds is 4. The van der Waals surface area contributed by atoms with Gasteiger partial charge in [0.25, 0.3) is 0 Å². The van der Waals surface area contributed by atoms with E-state index in [9.17, 15) is 21.6 Å². The Hall–Kier alpha value is -1.45. The first-order valence-corrected chi connectivity index (χ1v) is 8.71. The third kappa shape index (κ3) is 4.97. The fourth-order valence-electron chi connectivity index (χ4n) is 1.48. The molecule has 3 N–H and O–H groups in total. The van der Waals surface area contributed by atoms with Crippen molar-refractivity contribution >= 4 is 31.5 Å².